The Hall–Kier alpha value is -0.120. The summed E-state index contributed by atoms with van der Waals surface area (Å²) in [5.74, 6) is 0.762. The molecule has 19 heavy (non-hydrogen) atoms. The summed E-state index contributed by atoms with van der Waals surface area (Å²) in [6, 6.07) is 1.32. The number of hydrogen-bond acceptors (Lipinski definition) is 3. The molecule has 2 saturated heterocycles. The minimum Gasteiger partial charge on any atom is -0.327 e. The van der Waals surface area contributed by atoms with Gasteiger partial charge in [-0.1, -0.05) is 25.7 Å². The maximum absolute atomic E-state index is 6.39. The molecule has 2 aliphatic heterocycles. The zero-order valence-corrected chi connectivity index (χ0v) is 12.4. The number of hydrogen-bond donors (Lipinski definition) is 1. The molecular formula is C16H31N3. The van der Waals surface area contributed by atoms with Gasteiger partial charge in [0, 0.05) is 38.3 Å². The molecule has 2 heterocycles. The largest absolute Gasteiger partial charge is 0.327 e. The van der Waals surface area contributed by atoms with E-state index in [9.17, 15) is 0 Å². The van der Waals surface area contributed by atoms with Gasteiger partial charge in [-0.2, -0.15) is 0 Å². The Bertz CT molecular complexity index is 281. The van der Waals surface area contributed by atoms with Crippen LogP contribution in [0.2, 0.25) is 0 Å². The van der Waals surface area contributed by atoms with Crippen molar-refractivity contribution in [2.24, 2.45) is 11.7 Å². The molecule has 3 heteroatoms. The Balaban J connectivity index is 1.52. The summed E-state index contributed by atoms with van der Waals surface area (Å²) >= 11 is 0. The van der Waals surface area contributed by atoms with Crippen LogP contribution in [-0.4, -0.2) is 54.6 Å². The Kier molecular flexibility index (Phi) is 4.78. The van der Waals surface area contributed by atoms with Crippen LogP contribution in [0.3, 0.4) is 0 Å². The van der Waals surface area contributed by atoms with E-state index in [0.29, 0.717) is 6.04 Å². The smallest absolute Gasteiger partial charge is 0.0223 e. The van der Waals surface area contributed by atoms with Crippen LogP contribution in [0.1, 0.15) is 51.4 Å². The van der Waals surface area contributed by atoms with Crippen LogP contribution in [0.4, 0.5) is 0 Å². The van der Waals surface area contributed by atoms with Crippen LogP contribution in [0, 0.1) is 5.92 Å². The van der Waals surface area contributed by atoms with Crippen molar-refractivity contribution >= 4 is 0 Å². The molecule has 0 aromatic rings. The second-order valence-corrected chi connectivity index (χ2v) is 7.01. The van der Waals surface area contributed by atoms with Crippen LogP contribution >= 0.6 is 0 Å². The first-order valence-electron chi connectivity index (χ1n) is 8.55. The van der Waals surface area contributed by atoms with E-state index in [1.807, 2.05) is 0 Å². The highest BCUT2D eigenvalue weighted by molar-refractivity contribution is 4.87. The Morgan fingerprint density at radius 2 is 1.68 bits per heavy atom. The molecule has 3 nitrogen and oxygen atoms in total. The molecular weight excluding hydrogens is 234 g/mol. The first-order chi connectivity index (χ1) is 9.33. The maximum Gasteiger partial charge on any atom is 0.0223 e. The third kappa shape index (κ3) is 3.50. The van der Waals surface area contributed by atoms with Gasteiger partial charge in [0.2, 0.25) is 0 Å². The molecule has 3 unspecified atom stereocenters. The van der Waals surface area contributed by atoms with Gasteiger partial charge in [0.1, 0.15) is 0 Å². The number of nitrogens with zero attached hydrogens (tertiary/aromatic N) is 2. The summed E-state index contributed by atoms with van der Waals surface area (Å²) in [4.78, 5) is 5.45. The average molecular weight is 265 g/mol. The summed E-state index contributed by atoms with van der Waals surface area (Å²) in [7, 11) is 0. The Morgan fingerprint density at radius 3 is 2.63 bits per heavy atom. The average Bonchev–Trinajstić information content (AvgIpc) is 2.64. The lowest BCUT2D eigenvalue weighted by Crippen LogP contribution is -2.56. The van der Waals surface area contributed by atoms with Gasteiger partial charge in [0.25, 0.3) is 0 Å². The zero-order valence-electron chi connectivity index (χ0n) is 12.4. The van der Waals surface area contributed by atoms with Gasteiger partial charge in [-0.3, -0.25) is 4.90 Å². The van der Waals surface area contributed by atoms with E-state index < -0.39 is 0 Å². The molecule has 0 radical (unpaired) electrons. The predicted octanol–water partition coefficient (Wildman–Crippen LogP) is 2.06. The van der Waals surface area contributed by atoms with Gasteiger partial charge in [-0.05, 0) is 38.1 Å². The highest BCUT2D eigenvalue weighted by atomic mass is 15.3. The maximum atomic E-state index is 6.39. The molecule has 3 atom stereocenters. The number of nitrogens with two attached hydrogens (primary N) is 1. The fourth-order valence-electron chi connectivity index (χ4n) is 4.36. The quantitative estimate of drug-likeness (QED) is 0.776. The van der Waals surface area contributed by atoms with Gasteiger partial charge in [0.05, 0.1) is 0 Å². The van der Waals surface area contributed by atoms with E-state index in [2.05, 4.69) is 9.80 Å². The number of piperidine rings is 1. The van der Waals surface area contributed by atoms with Gasteiger partial charge >= 0.3 is 0 Å². The number of rotatable bonds is 2. The third-order valence-electron chi connectivity index (χ3n) is 5.63. The predicted molar refractivity (Wildman–Crippen MR) is 80.2 cm³/mol. The van der Waals surface area contributed by atoms with Crippen LogP contribution < -0.4 is 5.73 Å². The fraction of sp³-hybridized carbons (Fsp3) is 1.00. The van der Waals surface area contributed by atoms with Crippen LogP contribution in [0.15, 0.2) is 0 Å². The van der Waals surface area contributed by atoms with Gasteiger partial charge < -0.3 is 10.6 Å². The first kappa shape index (κ1) is 13.8. The molecule has 3 fully saturated rings. The first-order valence-corrected chi connectivity index (χ1v) is 8.55. The highest BCUT2D eigenvalue weighted by Gasteiger charge is 2.31. The molecule has 0 aromatic heterocycles. The highest BCUT2D eigenvalue weighted by Crippen LogP contribution is 2.26. The van der Waals surface area contributed by atoms with Crippen LogP contribution in [0.25, 0.3) is 0 Å². The zero-order chi connectivity index (χ0) is 13.1. The van der Waals surface area contributed by atoms with Crippen LogP contribution in [0.5, 0.6) is 0 Å². The third-order valence-corrected chi connectivity index (χ3v) is 5.63. The van der Waals surface area contributed by atoms with E-state index in [-0.39, 0.29) is 0 Å². The van der Waals surface area contributed by atoms with Crippen LogP contribution in [-0.2, 0) is 0 Å². The second kappa shape index (κ2) is 6.55. The molecule has 3 rings (SSSR count). The molecule has 110 valence electrons. The van der Waals surface area contributed by atoms with E-state index in [0.717, 1.165) is 12.0 Å². The lowest BCUT2D eigenvalue weighted by Gasteiger charge is -2.45. The molecule has 1 saturated carbocycles. The topological polar surface area (TPSA) is 32.5 Å². The Morgan fingerprint density at radius 1 is 0.842 bits per heavy atom. The fourth-order valence-corrected chi connectivity index (χ4v) is 4.36. The molecule has 0 aromatic carbocycles. The molecule has 0 amide bonds. The summed E-state index contributed by atoms with van der Waals surface area (Å²) in [5.41, 5.74) is 6.39. The van der Waals surface area contributed by atoms with Gasteiger partial charge in [0.15, 0.2) is 0 Å². The lowest BCUT2D eigenvalue weighted by molar-refractivity contribution is 0.0390. The van der Waals surface area contributed by atoms with Crippen molar-refractivity contribution < 1.29 is 0 Å². The summed E-state index contributed by atoms with van der Waals surface area (Å²) in [6.45, 7) is 6.50. The molecule has 1 aliphatic carbocycles. The van der Waals surface area contributed by atoms with E-state index in [1.165, 1.54) is 84.1 Å². The molecule has 2 N–H and O–H groups in total. The Labute approximate surface area is 118 Å². The second-order valence-electron chi connectivity index (χ2n) is 7.01. The van der Waals surface area contributed by atoms with Crippen molar-refractivity contribution in [3.63, 3.8) is 0 Å². The van der Waals surface area contributed by atoms with Crippen molar-refractivity contribution in [1.29, 1.82) is 0 Å². The molecule has 0 spiro atoms. The molecule has 3 aliphatic rings. The number of fused-ring (bicyclic) bond motifs is 1. The lowest BCUT2D eigenvalue weighted by atomic mass is 9.93. The van der Waals surface area contributed by atoms with Gasteiger partial charge in [-0.15, -0.1) is 0 Å². The van der Waals surface area contributed by atoms with Gasteiger partial charge in [-0.25, -0.2) is 0 Å². The minimum absolute atomic E-state index is 0.465. The van der Waals surface area contributed by atoms with Crippen molar-refractivity contribution in [3.05, 3.63) is 0 Å². The normalized spacial score (nSPS) is 38.7. The summed E-state index contributed by atoms with van der Waals surface area (Å²) < 4.78 is 0. The standard InChI is InChI=1S/C16H31N3/c17-16-8-3-1-2-6-14(16)12-18-10-11-19-9-5-4-7-15(19)13-18/h14-16H,1-13,17H2. The van der Waals surface area contributed by atoms with Crippen molar-refractivity contribution in [1.82, 2.24) is 9.80 Å². The minimum atomic E-state index is 0.465. The number of piperazine rings is 1. The SMILES string of the molecule is NC1CCCCCC1CN1CCN2CCCCC2C1. The summed E-state index contributed by atoms with van der Waals surface area (Å²) in [5, 5.41) is 0. The van der Waals surface area contributed by atoms with E-state index in [1.54, 1.807) is 0 Å². The van der Waals surface area contributed by atoms with E-state index in [4.69, 9.17) is 5.73 Å². The van der Waals surface area contributed by atoms with Crippen molar-refractivity contribution in [2.45, 2.75) is 63.5 Å². The monoisotopic (exact) mass is 265 g/mol. The summed E-state index contributed by atoms with van der Waals surface area (Å²) in [6.07, 6.45) is 11.1. The van der Waals surface area contributed by atoms with Crippen molar-refractivity contribution in [2.75, 3.05) is 32.7 Å². The van der Waals surface area contributed by atoms with Crippen molar-refractivity contribution in [3.8, 4) is 0 Å². The molecule has 0 bridgehead atoms. The van der Waals surface area contributed by atoms with E-state index >= 15 is 0 Å².